The van der Waals surface area contributed by atoms with Gasteiger partial charge in [0.2, 0.25) is 5.91 Å². The average molecular weight is 371 g/mol. The number of likely N-dealkylation sites (tertiary alicyclic amines) is 1. The molecule has 0 atom stereocenters. The number of carbonyl (C=O) groups excluding carboxylic acids is 1. The highest BCUT2D eigenvalue weighted by Gasteiger charge is 2.26. The second-order valence-electron chi connectivity index (χ2n) is 8.42. The standard InChI is InChI=1S/C22H34N4O/c27-22(26-12-8-20(9-13-26)23-18-19-6-7-19)10-11-24-14-16-25(17-15-24)21-4-2-1-3-5-21/h1-5,19-20,23H,6-18H2. The molecule has 1 aromatic rings. The number of carbonyl (C=O) groups is 1. The topological polar surface area (TPSA) is 38.8 Å². The molecule has 2 aliphatic heterocycles. The van der Waals surface area contributed by atoms with Gasteiger partial charge in [0.15, 0.2) is 0 Å². The molecule has 1 aromatic carbocycles. The highest BCUT2D eigenvalue weighted by Crippen LogP contribution is 2.28. The molecule has 0 bridgehead atoms. The van der Waals surface area contributed by atoms with Crippen LogP contribution in [0.1, 0.15) is 32.1 Å². The average Bonchev–Trinajstić information content (AvgIpc) is 3.56. The summed E-state index contributed by atoms with van der Waals surface area (Å²) in [7, 11) is 0. The Morgan fingerprint density at radius 1 is 0.926 bits per heavy atom. The molecule has 1 saturated carbocycles. The van der Waals surface area contributed by atoms with Gasteiger partial charge >= 0.3 is 0 Å². The number of hydrogen-bond acceptors (Lipinski definition) is 4. The van der Waals surface area contributed by atoms with Crippen LogP contribution in [0.3, 0.4) is 0 Å². The van der Waals surface area contributed by atoms with Crippen molar-refractivity contribution in [2.75, 3.05) is 57.3 Å². The Bertz CT molecular complexity index is 588. The van der Waals surface area contributed by atoms with E-state index < -0.39 is 0 Å². The number of piperidine rings is 1. The minimum Gasteiger partial charge on any atom is -0.369 e. The maximum Gasteiger partial charge on any atom is 0.223 e. The van der Waals surface area contributed by atoms with E-state index in [0.29, 0.717) is 18.4 Å². The third-order valence-electron chi connectivity index (χ3n) is 6.38. The molecule has 1 N–H and O–H groups in total. The van der Waals surface area contributed by atoms with E-state index in [1.54, 1.807) is 0 Å². The molecule has 3 aliphatic rings. The third-order valence-corrected chi connectivity index (χ3v) is 6.38. The summed E-state index contributed by atoms with van der Waals surface area (Å²) in [6.45, 7) is 8.16. The number of nitrogens with zero attached hydrogens (tertiary/aromatic N) is 3. The number of hydrogen-bond donors (Lipinski definition) is 1. The fourth-order valence-electron chi connectivity index (χ4n) is 4.27. The minimum atomic E-state index is 0.348. The van der Waals surface area contributed by atoms with Crippen LogP contribution in [0.5, 0.6) is 0 Å². The van der Waals surface area contributed by atoms with Crippen LogP contribution in [-0.2, 0) is 4.79 Å². The molecule has 5 nitrogen and oxygen atoms in total. The van der Waals surface area contributed by atoms with Crippen LogP contribution in [0, 0.1) is 5.92 Å². The molecule has 5 heteroatoms. The van der Waals surface area contributed by atoms with Crippen LogP contribution >= 0.6 is 0 Å². The Morgan fingerprint density at radius 3 is 2.30 bits per heavy atom. The van der Waals surface area contributed by atoms with Gasteiger partial charge in [0.25, 0.3) is 0 Å². The van der Waals surface area contributed by atoms with Gasteiger partial charge in [-0.1, -0.05) is 18.2 Å². The van der Waals surface area contributed by atoms with E-state index in [0.717, 1.165) is 64.6 Å². The van der Waals surface area contributed by atoms with E-state index in [1.807, 2.05) is 0 Å². The highest BCUT2D eigenvalue weighted by molar-refractivity contribution is 5.76. The van der Waals surface area contributed by atoms with Crippen LogP contribution in [0.25, 0.3) is 0 Å². The number of amides is 1. The zero-order valence-corrected chi connectivity index (χ0v) is 16.5. The second kappa shape index (κ2) is 9.07. The number of piperazine rings is 1. The lowest BCUT2D eigenvalue weighted by Crippen LogP contribution is -2.48. The van der Waals surface area contributed by atoms with E-state index in [-0.39, 0.29) is 0 Å². The summed E-state index contributed by atoms with van der Waals surface area (Å²) >= 11 is 0. The van der Waals surface area contributed by atoms with Crippen molar-refractivity contribution >= 4 is 11.6 Å². The van der Waals surface area contributed by atoms with Crippen LogP contribution in [-0.4, -0.2) is 74.1 Å². The van der Waals surface area contributed by atoms with Gasteiger partial charge in [-0.15, -0.1) is 0 Å². The van der Waals surface area contributed by atoms with E-state index in [2.05, 4.69) is 50.3 Å². The smallest absolute Gasteiger partial charge is 0.223 e. The first-order valence-corrected chi connectivity index (χ1v) is 10.8. The lowest BCUT2D eigenvalue weighted by molar-refractivity contribution is -0.132. The zero-order chi connectivity index (χ0) is 18.5. The van der Waals surface area contributed by atoms with E-state index in [4.69, 9.17) is 0 Å². The molecule has 148 valence electrons. The maximum absolute atomic E-state index is 12.6. The second-order valence-corrected chi connectivity index (χ2v) is 8.42. The Kier molecular flexibility index (Phi) is 6.30. The predicted octanol–water partition coefficient (Wildman–Crippen LogP) is 2.19. The van der Waals surface area contributed by atoms with Crippen molar-refractivity contribution in [3.05, 3.63) is 30.3 Å². The summed E-state index contributed by atoms with van der Waals surface area (Å²) in [5, 5.41) is 3.69. The first-order chi connectivity index (χ1) is 13.3. The molecular weight excluding hydrogens is 336 g/mol. The molecule has 2 saturated heterocycles. The minimum absolute atomic E-state index is 0.348. The first-order valence-electron chi connectivity index (χ1n) is 10.8. The molecule has 0 aromatic heterocycles. The number of rotatable bonds is 7. The molecule has 27 heavy (non-hydrogen) atoms. The fourth-order valence-corrected chi connectivity index (χ4v) is 4.27. The summed E-state index contributed by atoms with van der Waals surface area (Å²) < 4.78 is 0. The first kappa shape index (κ1) is 18.8. The van der Waals surface area contributed by atoms with Gasteiger partial charge in [-0.25, -0.2) is 0 Å². The fraction of sp³-hybridized carbons (Fsp3) is 0.682. The lowest BCUT2D eigenvalue weighted by atomic mass is 10.0. The summed E-state index contributed by atoms with van der Waals surface area (Å²) in [6, 6.07) is 11.3. The van der Waals surface area contributed by atoms with Crippen molar-refractivity contribution in [3.8, 4) is 0 Å². The van der Waals surface area contributed by atoms with E-state index in [1.165, 1.54) is 25.1 Å². The Morgan fingerprint density at radius 2 is 1.63 bits per heavy atom. The molecule has 3 fully saturated rings. The summed E-state index contributed by atoms with van der Waals surface area (Å²) in [6.07, 6.45) is 5.72. The van der Waals surface area contributed by atoms with E-state index >= 15 is 0 Å². The van der Waals surface area contributed by atoms with Crippen molar-refractivity contribution in [2.24, 2.45) is 5.92 Å². The van der Waals surface area contributed by atoms with Crippen LogP contribution < -0.4 is 10.2 Å². The van der Waals surface area contributed by atoms with Gasteiger partial charge in [0.05, 0.1) is 0 Å². The molecular formula is C22H34N4O. The van der Waals surface area contributed by atoms with Crippen molar-refractivity contribution in [3.63, 3.8) is 0 Å². The largest absolute Gasteiger partial charge is 0.369 e. The quantitative estimate of drug-likeness (QED) is 0.799. The monoisotopic (exact) mass is 370 g/mol. The molecule has 0 unspecified atom stereocenters. The van der Waals surface area contributed by atoms with Gasteiger partial charge in [0, 0.05) is 64.0 Å². The Labute approximate surface area is 163 Å². The number of anilines is 1. The maximum atomic E-state index is 12.6. The zero-order valence-electron chi connectivity index (χ0n) is 16.5. The molecule has 1 aliphatic carbocycles. The van der Waals surface area contributed by atoms with Crippen molar-refractivity contribution in [1.82, 2.24) is 15.1 Å². The predicted molar refractivity (Wildman–Crippen MR) is 110 cm³/mol. The normalized spacial score (nSPS) is 22.2. The van der Waals surface area contributed by atoms with Crippen molar-refractivity contribution in [1.29, 1.82) is 0 Å². The molecule has 0 radical (unpaired) electrons. The van der Waals surface area contributed by atoms with Crippen LogP contribution in [0.4, 0.5) is 5.69 Å². The number of para-hydroxylation sites is 1. The lowest BCUT2D eigenvalue weighted by Gasteiger charge is -2.37. The Hall–Kier alpha value is -1.59. The third kappa shape index (κ3) is 5.45. The van der Waals surface area contributed by atoms with Crippen molar-refractivity contribution < 1.29 is 4.79 Å². The molecule has 4 rings (SSSR count). The van der Waals surface area contributed by atoms with Gasteiger partial charge in [-0.2, -0.15) is 0 Å². The summed E-state index contributed by atoms with van der Waals surface area (Å²) in [5.41, 5.74) is 1.31. The molecule has 2 heterocycles. The highest BCUT2D eigenvalue weighted by atomic mass is 16.2. The molecule has 1 amide bonds. The van der Waals surface area contributed by atoms with Crippen LogP contribution in [0.2, 0.25) is 0 Å². The van der Waals surface area contributed by atoms with Gasteiger partial charge in [0.1, 0.15) is 0 Å². The SMILES string of the molecule is O=C(CCN1CCN(c2ccccc2)CC1)N1CCC(NCC2CC2)CC1. The van der Waals surface area contributed by atoms with Gasteiger partial charge < -0.3 is 15.1 Å². The van der Waals surface area contributed by atoms with Gasteiger partial charge in [-0.05, 0) is 50.3 Å². The number of nitrogens with one attached hydrogen (secondary N) is 1. The van der Waals surface area contributed by atoms with Crippen molar-refractivity contribution in [2.45, 2.75) is 38.1 Å². The Balaban J connectivity index is 1.12. The number of benzene rings is 1. The summed E-state index contributed by atoms with van der Waals surface area (Å²) in [4.78, 5) is 19.6. The van der Waals surface area contributed by atoms with E-state index in [9.17, 15) is 4.79 Å². The van der Waals surface area contributed by atoms with Crippen LogP contribution in [0.15, 0.2) is 30.3 Å². The summed E-state index contributed by atoms with van der Waals surface area (Å²) in [5.74, 6) is 1.29. The molecule has 0 spiro atoms. The van der Waals surface area contributed by atoms with Gasteiger partial charge in [-0.3, -0.25) is 9.69 Å².